The first-order valence-corrected chi connectivity index (χ1v) is 21.5. The number of aromatic nitrogens is 3. The molecule has 2 aromatic carbocycles. The number of alkyl carbamates (subject to hydrolysis) is 1. The number of thiophene rings is 1. The molecule has 2 aromatic heterocycles. The maximum absolute atomic E-state index is 14.0. The lowest BCUT2D eigenvalue weighted by Gasteiger charge is -2.31. The van der Waals surface area contributed by atoms with Crippen LogP contribution in [0.5, 0.6) is 0 Å². The summed E-state index contributed by atoms with van der Waals surface area (Å²) in [5, 5.41) is 16.1. The van der Waals surface area contributed by atoms with Gasteiger partial charge < -0.3 is 15.4 Å². The molecule has 1 aliphatic heterocycles. The van der Waals surface area contributed by atoms with Crippen LogP contribution < -0.4 is 10.6 Å². The first-order chi connectivity index (χ1) is 26.9. The summed E-state index contributed by atoms with van der Waals surface area (Å²) in [7, 11) is -4.12. The van der Waals surface area contributed by atoms with Crippen LogP contribution in [0.2, 0.25) is 5.02 Å². The van der Waals surface area contributed by atoms with E-state index in [1.165, 1.54) is 0 Å². The van der Waals surface area contributed by atoms with Gasteiger partial charge >= 0.3 is 13.9 Å². The van der Waals surface area contributed by atoms with Gasteiger partial charge in [-0.1, -0.05) is 35.6 Å². The van der Waals surface area contributed by atoms with Crippen molar-refractivity contribution < 1.29 is 32.5 Å². The van der Waals surface area contributed by atoms with Crippen molar-refractivity contribution in [2.45, 2.75) is 119 Å². The van der Waals surface area contributed by atoms with Crippen molar-refractivity contribution in [2.75, 3.05) is 11.9 Å². The zero-order valence-electron chi connectivity index (χ0n) is 35.1. The maximum Gasteiger partial charge on any atom is 0.476 e. The molecule has 0 saturated heterocycles. The van der Waals surface area contributed by atoms with Crippen LogP contribution in [-0.4, -0.2) is 55.8 Å². The van der Waals surface area contributed by atoms with Crippen LogP contribution >= 0.6 is 30.8 Å². The molecule has 0 saturated carbocycles. The van der Waals surface area contributed by atoms with Crippen molar-refractivity contribution in [1.82, 2.24) is 20.1 Å². The van der Waals surface area contributed by atoms with Crippen LogP contribution in [0.4, 0.5) is 10.5 Å². The fraction of sp³-hybridized carbons (Fsp3) is 0.452. The molecule has 5 rings (SSSR count). The lowest BCUT2D eigenvalue weighted by Crippen LogP contribution is -2.32. The number of carbonyl (C=O) groups is 2. The van der Waals surface area contributed by atoms with Crippen LogP contribution in [-0.2, 0) is 34.3 Å². The Labute approximate surface area is 349 Å². The van der Waals surface area contributed by atoms with Crippen LogP contribution in [0.3, 0.4) is 0 Å². The van der Waals surface area contributed by atoms with Crippen molar-refractivity contribution in [3.8, 4) is 16.8 Å². The summed E-state index contributed by atoms with van der Waals surface area (Å²) in [5.74, 6) is 6.86. The third kappa shape index (κ3) is 11.9. The van der Waals surface area contributed by atoms with Gasteiger partial charge in [0.15, 0.2) is 5.82 Å². The van der Waals surface area contributed by atoms with E-state index in [-0.39, 0.29) is 25.5 Å². The number of benzene rings is 2. The normalized spacial score (nSPS) is 14.4. The molecular formula is C42H52ClN6O7PS. The van der Waals surface area contributed by atoms with Gasteiger partial charge in [-0.25, -0.2) is 9.36 Å². The fourth-order valence-corrected chi connectivity index (χ4v) is 9.02. The second kappa shape index (κ2) is 17.5. The predicted molar refractivity (Wildman–Crippen MR) is 228 cm³/mol. The van der Waals surface area contributed by atoms with E-state index < -0.39 is 36.8 Å². The third-order valence-corrected chi connectivity index (χ3v) is 11.6. The molecule has 16 heteroatoms. The SMILES string of the molecule is Cc1sc2c(c1C)C(c1ccc(Cl)cc1)=N[C@@H](CC(=O)Nc1ccc(C#CCNC(=O)OC(C)(C)C)c(COP(=O)(OC(C)(C)C)OC(C)(C)C)c1)c1nnc(C)n1-2. The highest BCUT2D eigenvalue weighted by atomic mass is 35.5. The quantitative estimate of drug-likeness (QED) is 0.117. The van der Waals surface area contributed by atoms with Crippen molar-refractivity contribution in [2.24, 2.45) is 4.99 Å². The number of hydrogen-bond acceptors (Lipinski definition) is 11. The lowest BCUT2D eigenvalue weighted by atomic mass is 9.99. The number of halogens is 1. The number of phosphoric acid groups is 1. The molecule has 0 spiro atoms. The molecular weight excluding hydrogens is 799 g/mol. The van der Waals surface area contributed by atoms with E-state index in [4.69, 9.17) is 34.9 Å². The molecule has 0 fully saturated rings. The molecule has 2 amide bonds. The van der Waals surface area contributed by atoms with Crippen molar-refractivity contribution >= 4 is 54.2 Å². The second-order valence-corrected chi connectivity index (χ2v) is 20.0. The monoisotopic (exact) mass is 850 g/mol. The number of ether oxygens (including phenoxy) is 1. The number of nitrogens with zero attached hydrogens (tertiary/aromatic N) is 4. The molecule has 2 N–H and O–H groups in total. The Morgan fingerprint density at radius 2 is 1.59 bits per heavy atom. The standard InChI is InChI=1S/C42H52ClN6O7PS/c1-25-26(2)58-38-35(25)36(29-15-18-31(43)19-16-29)46-33(37-48-47-27(3)49(37)38)23-34(50)45-32-20-17-28(14-13-21-44-39(51)54-40(4,5)6)30(22-32)24-53-57(52,55-41(7,8)9)56-42(10,11)12/h15-20,22,33H,21,23-24H2,1-12H3,(H,44,51)(H,45,50)/t33-/m0/s1. The molecule has 310 valence electrons. The summed E-state index contributed by atoms with van der Waals surface area (Å²) >= 11 is 7.90. The average Bonchev–Trinajstić information content (AvgIpc) is 3.56. The van der Waals surface area contributed by atoms with E-state index in [0.29, 0.717) is 33.5 Å². The molecule has 0 bridgehead atoms. The number of hydrogen-bond donors (Lipinski definition) is 2. The van der Waals surface area contributed by atoms with E-state index in [9.17, 15) is 14.2 Å². The zero-order valence-corrected chi connectivity index (χ0v) is 37.6. The van der Waals surface area contributed by atoms with Gasteiger partial charge in [-0.15, -0.1) is 21.5 Å². The smallest absolute Gasteiger partial charge is 0.444 e. The minimum absolute atomic E-state index is 0.00213. The summed E-state index contributed by atoms with van der Waals surface area (Å²) < 4.78 is 38.9. The van der Waals surface area contributed by atoms with E-state index in [0.717, 1.165) is 32.3 Å². The highest BCUT2D eigenvalue weighted by Gasteiger charge is 2.38. The van der Waals surface area contributed by atoms with Gasteiger partial charge in [-0.2, -0.15) is 0 Å². The molecule has 0 radical (unpaired) electrons. The Morgan fingerprint density at radius 1 is 0.931 bits per heavy atom. The Bertz CT molecular complexity index is 2300. The summed E-state index contributed by atoms with van der Waals surface area (Å²) in [6.45, 7) is 21.6. The van der Waals surface area contributed by atoms with Gasteiger partial charge in [-0.05, 0) is 125 Å². The molecule has 1 aliphatic rings. The second-order valence-electron chi connectivity index (χ2n) is 16.8. The van der Waals surface area contributed by atoms with Crippen molar-refractivity contribution in [1.29, 1.82) is 0 Å². The minimum Gasteiger partial charge on any atom is -0.444 e. The Kier molecular flexibility index (Phi) is 13.5. The summed E-state index contributed by atoms with van der Waals surface area (Å²) in [6.07, 6.45) is -0.657. The predicted octanol–water partition coefficient (Wildman–Crippen LogP) is 9.96. The first kappa shape index (κ1) is 44.7. The number of nitrogens with one attached hydrogen (secondary N) is 2. The topological polar surface area (TPSA) is 155 Å². The van der Waals surface area contributed by atoms with Gasteiger partial charge in [0.2, 0.25) is 5.91 Å². The van der Waals surface area contributed by atoms with E-state index >= 15 is 0 Å². The highest BCUT2D eigenvalue weighted by Crippen LogP contribution is 2.56. The molecule has 13 nitrogen and oxygen atoms in total. The van der Waals surface area contributed by atoms with Gasteiger partial charge in [-0.3, -0.25) is 27.9 Å². The number of anilines is 1. The molecule has 1 atom stereocenters. The summed E-state index contributed by atoms with van der Waals surface area (Å²) in [5.41, 5.74) is 2.69. The van der Waals surface area contributed by atoms with Crippen LogP contribution in [0.25, 0.3) is 5.00 Å². The van der Waals surface area contributed by atoms with E-state index in [1.54, 1.807) is 91.8 Å². The highest BCUT2D eigenvalue weighted by molar-refractivity contribution is 7.48. The summed E-state index contributed by atoms with van der Waals surface area (Å²) in [6, 6.07) is 11.9. The van der Waals surface area contributed by atoms with Crippen LogP contribution in [0.1, 0.15) is 119 Å². The van der Waals surface area contributed by atoms with Crippen molar-refractivity contribution in [3.63, 3.8) is 0 Å². The molecule has 4 aromatic rings. The molecule has 58 heavy (non-hydrogen) atoms. The van der Waals surface area contributed by atoms with Gasteiger partial charge in [0.25, 0.3) is 0 Å². The van der Waals surface area contributed by atoms with E-state index in [1.807, 2.05) is 35.8 Å². The van der Waals surface area contributed by atoms with Gasteiger partial charge in [0.1, 0.15) is 22.5 Å². The number of carbonyl (C=O) groups excluding carboxylic acids is 2. The minimum atomic E-state index is -4.12. The number of fused-ring (bicyclic) bond motifs is 3. The number of aryl methyl sites for hydroxylation is 2. The number of phosphoric ester groups is 1. The van der Waals surface area contributed by atoms with Crippen LogP contribution in [0.15, 0.2) is 47.5 Å². The number of aliphatic imine (C=N–C) groups is 1. The number of rotatable bonds is 10. The number of amides is 2. The fourth-order valence-electron chi connectivity index (χ4n) is 5.89. The van der Waals surface area contributed by atoms with Gasteiger partial charge in [0.05, 0.1) is 36.5 Å². The molecule has 0 aliphatic carbocycles. The summed E-state index contributed by atoms with van der Waals surface area (Å²) in [4.78, 5) is 32.5. The Hall–Kier alpha value is -4.35. The van der Waals surface area contributed by atoms with E-state index in [2.05, 4.69) is 46.5 Å². The Balaban J connectivity index is 1.46. The van der Waals surface area contributed by atoms with Crippen molar-refractivity contribution in [3.05, 3.63) is 91.8 Å². The maximum atomic E-state index is 14.0. The zero-order chi connectivity index (χ0) is 42.8. The molecule has 3 heterocycles. The Morgan fingerprint density at radius 3 is 2.21 bits per heavy atom. The first-order valence-electron chi connectivity index (χ1n) is 18.8. The molecule has 0 unspecified atom stereocenters. The van der Waals surface area contributed by atoms with Gasteiger partial charge in [0, 0.05) is 32.3 Å². The third-order valence-electron chi connectivity index (χ3n) is 8.22. The lowest BCUT2D eigenvalue weighted by molar-refractivity contribution is -0.116. The van der Waals surface area contributed by atoms with Crippen LogP contribution in [0, 0.1) is 32.6 Å². The largest absolute Gasteiger partial charge is 0.476 e. The average molecular weight is 851 g/mol.